The molecular formula is C23H26N2O3. The van der Waals surface area contributed by atoms with E-state index in [2.05, 4.69) is 31.3 Å². The molecule has 5 heteroatoms. The molecule has 1 aliphatic heterocycles. The van der Waals surface area contributed by atoms with Gasteiger partial charge in [-0.3, -0.25) is 19.3 Å². The number of carbonyl (C=O) groups excluding carboxylic acids is 3. The Kier molecular flexibility index (Phi) is 5.63. The first-order valence-electron chi connectivity index (χ1n) is 9.64. The molecular weight excluding hydrogens is 352 g/mol. The minimum absolute atomic E-state index is 0.163. The molecule has 0 aromatic heterocycles. The van der Waals surface area contributed by atoms with E-state index in [1.54, 1.807) is 24.3 Å². The molecule has 1 N–H and O–H groups in total. The lowest BCUT2D eigenvalue weighted by Gasteiger charge is -2.24. The maximum Gasteiger partial charge on any atom is 0.262 e. The molecule has 2 aromatic rings. The van der Waals surface area contributed by atoms with Gasteiger partial charge in [-0.2, -0.15) is 0 Å². The van der Waals surface area contributed by atoms with Crippen molar-refractivity contribution in [1.82, 2.24) is 10.2 Å². The van der Waals surface area contributed by atoms with Crippen LogP contribution < -0.4 is 5.32 Å². The van der Waals surface area contributed by atoms with Crippen molar-refractivity contribution in [3.05, 3.63) is 70.8 Å². The van der Waals surface area contributed by atoms with E-state index in [1.165, 1.54) is 5.56 Å². The first-order chi connectivity index (χ1) is 13.3. The average Bonchev–Trinajstić information content (AvgIpc) is 2.91. The smallest absolute Gasteiger partial charge is 0.262 e. The molecule has 28 heavy (non-hydrogen) atoms. The molecule has 1 unspecified atom stereocenters. The van der Waals surface area contributed by atoms with Crippen LogP contribution in [0, 0.1) is 5.92 Å². The van der Waals surface area contributed by atoms with Gasteiger partial charge < -0.3 is 5.32 Å². The molecule has 5 nitrogen and oxygen atoms in total. The van der Waals surface area contributed by atoms with E-state index in [0.29, 0.717) is 17.0 Å². The second-order valence-corrected chi connectivity index (χ2v) is 7.85. The number of carbonyl (C=O) groups is 3. The van der Waals surface area contributed by atoms with Crippen LogP contribution in [0.5, 0.6) is 0 Å². The number of rotatable bonds is 6. The van der Waals surface area contributed by atoms with Crippen molar-refractivity contribution >= 4 is 17.7 Å². The van der Waals surface area contributed by atoms with Crippen LogP contribution in [-0.4, -0.2) is 29.2 Å². The van der Waals surface area contributed by atoms with Gasteiger partial charge in [0.15, 0.2) is 0 Å². The molecule has 1 aliphatic rings. The van der Waals surface area contributed by atoms with Crippen molar-refractivity contribution in [2.75, 3.05) is 6.54 Å². The van der Waals surface area contributed by atoms with Gasteiger partial charge in [0.2, 0.25) is 5.91 Å². The molecule has 0 radical (unpaired) electrons. The van der Waals surface area contributed by atoms with Crippen LogP contribution in [0.2, 0.25) is 0 Å². The summed E-state index contributed by atoms with van der Waals surface area (Å²) in [6.45, 7) is 8.06. The van der Waals surface area contributed by atoms with Gasteiger partial charge >= 0.3 is 0 Å². The van der Waals surface area contributed by atoms with Crippen LogP contribution in [0.1, 0.15) is 71.5 Å². The molecule has 0 spiro atoms. The maximum absolute atomic E-state index is 12.6. The first-order valence-corrected chi connectivity index (χ1v) is 9.64. The lowest BCUT2D eigenvalue weighted by molar-refractivity contribution is -0.122. The fraction of sp³-hybridized carbons (Fsp3) is 0.348. The largest absolute Gasteiger partial charge is 0.347 e. The van der Waals surface area contributed by atoms with Gasteiger partial charge in [0.25, 0.3) is 11.8 Å². The van der Waals surface area contributed by atoms with Gasteiger partial charge in [-0.1, -0.05) is 64.1 Å². The number of imide groups is 1. The fourth-order valence-electron chi connectivity index (χ4n) is 3.47. The Balaban J connectivity index is 1.72. The summed E-state index contributed by atoms with van der Waals surface area (Å²) < 4.78 is 0. The van der Waals surface area contributed by atoms with Crippen LogP contribution in [0.15, 0.2) is 48.5 Å². The van der Waals surface area contributed by atoms with Crippen LogP contribution in [0.25, 0.3) is 0 Å². The number of benzene rings is 2. The number of nitrogens with zero attached hydrogens (tertiary/aromatic N) is 1. The van der Waals surface area contributed by atoms with Crippen molar-refractivity contribution < 1.29 is 14.4 Å². The zero-order chi connectivity index (χ0) is 20.4. The number of hydrogen-bond donors (Lipinski definition) is 1. The second kappa shape index (κ2) is 7.97. The number of nitrogens with one attached hydrogen (secondary N) is 1. The first kappa shape index (κ1) is 19.8. The van der Waals surface area contributed by atoms with Gasteiger partial charge in [-0.05, 0) is 35.1 Å². The molecule has 3 amide bonds. The molecule has 0 fully saturated rings. The number of fused-ring (bicyclic) bond motifs is 1. The van der Waals surface area contributed by atoms with Crippen LogP contribution in [0.4, 0.5) is 0 Å². The zero-order valence-electron chi connectivity index (χ0n) is 16.7. The highest BCUT2D eigenvalue weighted by atomic mass is 16.2. The van der Waals surface area contributed by atoms with Gasteiger partial charge in [0.05, 0.1) is 17.2 Å². The molecule has 1 heterocycles. The normalized spacial score (nSPS) is 14.6. The summed E-state index contributed by atoms with van der Waals surface area (Å²) in [5, 5.41) is 2.99. The van der Waals surface area contributed by atoms with E-state index in [9.17, 15) is 14.4 Å². The van der Waals surface area contributed by atoms with E-state index < -0.39 is 11.8 Å². The molecule has 2 aromatic carbocycles. The molecule has 0 aliphatic carbocycles. The average molecular weight is 378 g/mol. The number of amides is 3. The predicted octanol–water partition coefficient (Wildman–Crippen LogP) is 3.92. The summed E-state index contributed by atoms with van der Waals surface area (Å²) in [5.41, 5.74) is 2.95. The highest BCUT2D eigenvalue weighted by Crippen LogP contribution is 2.25. The molecule has 1 atom stereocenters. The minimum Gasteiger partial charge on any atom is -0.347 e. The van der Waals surface area contributed by atoms with E-state index >= 15 is 0 Å². The van der Waals surface area contributed by atoms with Crippen molar-refractivity contribution in [2.24, 2.45) is 5.92 Å². The Morgan fingerprint density at radius 2 is 1.36 bits per heavy atom. The Morgan fingerprint density at radius 1 is 0.857 bits per heavy atom. The van der Waals surface area contributed by atoms with E-state index in [4.69, 9.17) is 0 Å². The third-order valence-corrected chi connectivity index (χ3v) is 5.13. The molecule has 3 rings (SSSR count). The van der Waals surface area contributed by atoms with Gasteiger partial charge in [-0.25, -0.2) is 0 Å². The lowest BCUT2D eigenvalue weighted by atomic mass is 9.93. The van der Waals surface area contributed by atoms with Crippen molar-refractivity contribution in [3.63, 3.8) is 0 Å². The summed E-state index contributed by atoms with van der Waals surface area (Å²) in [5.74, 6) is -0.580. The standard InChI is InChI=1S/C23H26N2O3/c1-14(2)16-9-11-17(12-10-16)21(15(3)4)24-20(26)13-25-22(27)18-7-5-6-8-19(18)23(25)28/h5-12,14-15,21H,13H2,1-4H3,(H,24,26). The topological polar surface area (TPSA) is 66.5 Å². The van der Waals surface area contributed by atoms with E-state index in [-0.39, 0.29) is 24.4 Å². The Labute approximate surface area is 165 Å². The Hall–Kier alpha value is -2.95. The quantitative estimate of drug-likeness (QED) is 0.775. The maximum atomic E-state index is 12.6. The van der Waals surface area contributed by atoms with Gasteiger partial charge in [-0.15, -0.1) is 0 Å². The van der Waals surface area contributed by atoms with Crippen LogP contribution in [0.3, 0.4) is 0 Å². The molecule has 146 valence electrons. The Morgan fingerprint density at radius 3 is 1.82 bits per heavy atom. The summed E-state index contributed by atoms with van der Waals surface area (Å²) in [7, 11) is 0. The van der Waals surface area contributed by atoms with Crippen molar-refractivity contribution in [3.8, 4) is 0 Å². The van der Waals surface area contributed by atoms with E-state index in [1.807, 2.05) is 26.0 Å². The fourth-order valence-corrected chi connectivity index (χ4v) is 3.47. The summed E-state index contributed by atoms with van der Waals surface area (Å²) >= 11 is 0. The molecule has 0 saturated heterocycles. The lowest BCUT2D eigenvalue weighted by Crippen LogP contribution is -2.42. The third-order valence-electron chi connectivity index (χ3n) is 5.13. The van der Waals surface area contributed by atoms with E-state index in [0.717, 1.165) is 10.5 Å². The second-order valence-electron chi connectivity index (χ2n) is 7.85. The molecule has 0 bridgehead atoms. The van der Waals surface area contributed by atoms with Crippen LogP contribution >= 0.6 is 0 Å². The van der Waals surface area contributed by atoms with Crippen molar-refractivity contribution in [1.29, 1.82) is 0 Å². The number of hydrogen-bond acceptors (Lipinski definition) is 3. The minimum atomic E-state index is -0.418. The summed E-state index contributed by atoms with van der Waals surface area (Å²) in [6.07, 6.45) is 0. The summed E-state index contributed by atoms with van der Waals surface area (Å²) in [6, 6.07) is 14.7. The monoisotopic (exact) mass is 378 g/mol. The molecule has 0 saturated carbocycles. The SMILES string of the molecule is CC(C)c1ccc(C(NC(=O)CN2C(=O)c3ccccc3C2=O)C(C)C)cc1. The van der Waals surface area contributed by atoms with Crippen LogP contribution in [-0.2, 0) is 4.79 Å². The highest BCUT2D eigenvalue weighted by molar-refractivity contribution is 6.22. The zero-order valence-corrected chi connectivity index (χ0v) is 16.7. The highest BCUT2D eigenvalue weighted by Gasteiger charge is 2.36. The van der Waals surface area contributed by atoms with Gasteiger partial charge in [0.1, 0.15) is 6.54 Å². The van der Waals surface area contributed by atoms with Gasteiger partial charge in [0, 0.05) is 0 Å². The summed E-state index contributed by atoms with van der Waals surface area (Å²) in [4.78, 5) is 38.6. The third kappa shape index (κ3) is 3.84. The predicted molar refractivity (Wildman–Crippen MR) is 108 cm³/mol. The van der Waals surface area contributed by atoms with Crippen molar-refractivity contribution in [2.45, 2.75) is 39.7 Å². The Bertz CT molecular complexity index is 865.